The summed E-state index contributed by atoms with van der Waals surface area (Å²) in [7, 11) is 0. The predicted molar refractivity (Wildman–Crippen MR) is 79.6 cm³/mol. The number of aliphatic hydroxyl groups excluding tert-OH is 1. The second kappa shape index (κ2) is 6.37. The fourth-order valence-electron chi connectivity index (χ4n) is 2.09. The number of para-hydroxylation sites is 2. The Labute approximate surface area is 123 Å². The van der Waals surface area contributed by atoms with Gasteiger partial charge in [0.2, 0.25) is 5.75 Å². The van der Waals surface area contributed by atoms with Crippen molar-refractivity contribution in [1.82, 2.24) is 0 Å². The summed E-state index contributed by atoms with van der Waals surface area (Å²) in [6.45, 7) is 3.61. The van der Waals surface area contributed by atoms with Crippen LogP contribution in [0.3, 0.4) is 0 Å². The largest absolute Gasteiger partial charge is 0.449 e. The molecule has 0 saturated carbocycles. The Hall–Kier alpha value is -2.40. The molecular formula is C16H17NO4. The number of nitrogens with zero attached hydrogens (tertiary/aromatic N) is 1. The molecule has 0 radical (unpaired) electrons. The van der Waals surface area contributed by atoms with E-state index in [1.807, 2.05) is 6.92 Å². The zero-order valence-corrected chi connectivity index (χ0v) is 11.9. The first-order valence-electron chi connectivity index (χ1n) is 6.73. The van der Waals surface area contributed by atoms with Gasteiger partial charge in [-0.05, 0) is 25.0 Å². The van der Waals surface area contributed by atoms with Crippen molar-refractivity contribution in [1.29, 1.82) is 0 Å². The molecule has 0 fully saturated rings. The van der Waals surface area contributed by atoms with Crippen LogP contribution < -0.4 is 4.74 Å². The minimum atomic E-state index is -0.663. The van der Waals surface area contributed by atoms with E-state index in [0.29, 0.717) is 23.3 Å². The summed E-state index contributed by atoms with van der Waals surface area (Å²) in [6, 6.07) is 11.8. The van der Waals surface area contributed by atoms with Crippen LogP contribution in [0.4, 0.5) is 5.69 Å². The van der Waals surface area contributed by atoms with Gasteiger partial charge >= 0.3 is 5.69 Å². The van der Waals surface area contributed by atoms with Crippen LogP contribution in [-0.2, 0) is 0 Å². The van der Waals surface area contributed by atoms with Gasteiger partial charge in [0.25, 0.3) is 0 Å². The van der Waals surface area contributed by atoms with E-state index in [2.05, 4.69) is 0 Å². The van der Waals surface area contributed by atoms with Gasteiger partial charge in [-0.2, -0.15) is 0 Å². The molecule has 1 N–H and O–H groups in total. The highest BCUT2D eigenvalue weighted by molar-refractivity contribution is 5.54. The van der Waals surface area contributed by atoms with Crippen molar-refractivity contribution in [3.63, 3.8) is 0 Å². The fourth-order valence-corrected chi connectivity index (χ4v) is 2.09. The average molecular weight is 287 g/mol. The Kier molecular flexibility index (Phi) is 4.55. The topological polar surface area (TPSA) is 72.6 Å². The Bertz CT molecular complexity index is 654. The number of hydrogen-bond donors (Lipinski definition) is 1. The zero-order valence-electron chi connectivity index (χ0n) is 11.9. The van der Waals surface area contributed by atoms with Crippen LogP contribution in [0, 0.1) is 17.0 Å². The minimum Gasteiger partial charge on any atom is -0.449 e. The number of nitro groups is 1. The van der Waals surface area contributed by atoms with E-state index in [1.165, 1.54) is 6.07 Å². The maximum absolute atomic E-state index is 11.1. The van der Waals surface area contributed by atoms with Crippen molar-refractivity contribution in [2.45, 2.75) is 26.4 Å². The molecule has 0 spiro atoms. The monoisotopic (exact) mass is 287 g/mol. The van der Waals surface area contributed by atoms with E-state index < -0.39 is 11.0 Å². The number of aryl methyl sites for hydroxylation is 1. The molecule has 5 nitrogen and oxygen atoms in total. The lowest BCUT2D eigenvalue weighted by atomic mass is 10.1. The van der Waals surface area contributed by atoms with Crippen LogP contribution >= 0.6 is 0 Å². The Balaban J connectivity index is 2.46. The van der Waals surface area contributed by atoms with Gasteiger partial charge in [0, 0.05) is 11.6 Å². The molecule has 1 atom stereocenters. The second-order valence-corrected chi connectivity index (χ2v) is 4.74. The summed E-state index contributed by atoms with van der Waals surface area (Å²) >= 11 is 0. The molecule has 0 saturated heterocycles. The van der Waals surface area contributed by atoms with Crippen LogP contribution in [0.25, 0.3) is 0 Å². The van der Waals surface area contributed by atoms with Crippen LogP contribution in [0.15, 0.2) is 42.5 Å². The molecule has 0 aliphatic heterocycles. The number of aliphatic hydroxyl groups is 1. The van der Waals surface area contributed by atoms with E-state index in [-0.39, 0.29) is 11.4 Å². The first-order valence-corrected chi connectivity index (χ1v) is 6.73. The Morgan fingerprint density at radius 2 is 1.95 bits per heavy atom. The van der Waals surface area contributed by atoms with E-state index in [9.17, 15) is 15.2 Å². The quantitative estimate of drug-likeness (QED) is 0.662. The van der Waals surface area contributed by atoms with Gasteiger partial charge in [0.15, 0.2) is 0 Å². The molecule has 2 rings (SSSR count). The van der Waals surface area contributed by atoms with E-state index in [1.54, 1.807) is 43.3 Å². The summed E-state index contributed by atoms with van der Waals surface area (Å²) in [5.41, 5.74) is 1.21. The maximum atomic E-state index is 11.1. The minimum absolute atomic E-state index is 0.0872. The third kappa shape index (κ3) is 3.20. The van der Waals surface area contributed by atoms with Gasteiger partial charge in [-0.1, -0.05) is 37.3 Å². The van der Waals surface area contributed by atoms with E-state index in [4.69, 9.17) is 4.74 Å². The van der Waals surface area contributed by atoms with Crippen molar-refractivity contribution in [3.8, 4) is 11.5 Å². The lowest BCUT2D eigenvalue weighted by molar-refractivity contribution is -0.385. The normalized spacial score (nSPS) is 12.0. The van der Waals surface area contributed by atoms with Crippen molar-refractivity contribution in [2.75, 3.05) is 0 Å². The number of benzene rings is 2. The maximum Gasteiger partial charge on any atom is 0.311 e. The van der Waals surface area contributed by atoms with Gasteiger partial charge in [0.05, 0.1) is 11.0 Å². The first kappa shape index (κ1) is 15.0. The molecule has 0 unspecified atom stereocenters. The highest BCUT2D eigenvalue weighted by Gasteiger charge is 2.20. The molecule has 0 aromatic heterocycles. The van der Waals surface area contributed by atoms with E-state index >= 15 is 0 Å². The van der Waals surface area contributed by atoms with Crippen molar-refractivity contribution < 1.29 is 14.8 Å². The van der Waals surface area contributed by atoms with Gasteiger partial charge < -0.3 is 9.84 Å². The SMILES string of the molecule is CC[C@H](O)c1ccccc1Oc1c(C)cccc1[N+](=O)[O-]. The van der Waals surface area contributed by atoms with Gasteiger partial charge in [-0.15, -0.1) is 0 Å². The van der Waals surface area contributed by atoms with Crippen LogP contribution in [-0.4, -0.2) is 10.0 Å². The molecular weight excluding hydrogens is 270 g/mol. The molecule has 21 heavy (non-hydrogen) atoms. The molecule has 2 aromatic rings. The van der Waals surface area contributed by atoms with Crippen molar-refractivity contribution >= 4 is 5.69 Å². The highest BCUT2D eigenvalue weighted by atomic mass is 16.6. The molecule has 0 aliphatic rings. The average Bonchev–Trinajstić information content (AvgIpc) is 2.48. The lowest BCUT2D eigenvalue weighted by Crippen LogP contribution is -2.01. The lowest BCUT2D eigenvalue weighted by Gasteiger charge is -2.15. The van der Waals surface area contributed by atoms with Gasteiger partial charge in [-0.3, -0.25) is 10.1 Å². The molecule has 0 aliphatic carbocycles. The van der Waals surface area contributed by atoms with E-state index in [0.717, 1.165) is 0 Å². The number of ether oxygens (including phenoxy) is 1. The Morgan fingerprint density at radius 1 is 1.24 bits per heavy atom. The summed E-state index contributed by atoms with van der Waals surface area (Å²) in [4.78, 5) is 10.6. The van der Waals surface area contributed by atoms with Gasteiger partial charge in [0.1, 0.15) is 5.75 Å². The van der Waals surface area contributed by atoms with Gasteiger partial charge in [-0.25, -0.2) is 0 Å². The molecule has 110 valence electrons. The summed E-state index contributed by atoms with van der Waals surface area (Å²) < 4.78 is 5.75. The van der Waals surface area contributed by atoms with Crippen LogP contribution in [0.1, 0.15) is 30.6 Å². The van der Waals surface area contributed by atoms with Crippen molar-refractivity contribution in [2.24, 2.45) is 0 Å². The number of nitro benzene ring substituents is 1. The first-order chi connectivity index (χ1) is 10.0. The fraction of sp³-hybridized carbons (Fsp3) is 0.250. The molecule has 0 heterocycles. The third-order valence-corrected chi connectivity index (χ3v) is 3.26. The number of hydrogen-bond acceptors (Lipinski definition) is 4. The molecule has 0 bridgehead atoms. The predicted octanol–water partition coefficient (Wildman–Crippen LogP) is 4.14. The number of rotatable bonds is 5. The standard InChI is InChI=1S/C16H17NO4/c1-3-14(18)12-8-4-5-10-15(12)21-16-11(2)7-6-9-13(16)17(19)20/h4-10,14,18H,3H2,1-2H3/t14-/m0/s1. The second-order valence-electron chi connectivity index (χ2n) is 4.74. The van der Waals surface area contributed by atoms with Crippen molar-refractivity contribution in [3.05, 3.63) is 63.7 Å². The highest BCUT2D eigenvalue weighted by Crippen LogP contribution is 2.37. The molecule has 5 heteroatoms. The molecule has 2 aromatic carbocycles. The summed E-state index contributed by atoms with van der Waals surface area (Å²) in [6.07, 6.45) is -0.125. The Morgan fingerprint density at radius 3 is 2.62 bits per heavy atom. The summed E-state index contributed by atoms with van der Waals surface area (Å²) in [5, 5.41) is 21.1. The summed E-state index contributed by atoms with van der Waals surface area (Å²) in [5.74, 6) is 0.641. The van der Waals surface area contributed by atoms with Crippen LogP contribution in [0.5, 0.6) is 11.5 Å². The third-order valence-electron chi connectivity index (χ3n) is 3.26. The zero-order chi connectivity index (χ0) is 15.4. The smallest absolute Gasteiger partial charge is 0.311 e. The molecule has 0 amide bonds. The van der Waals surface area contributed by atoms with Crippen LogP contribution in [0.2, 0.25) is 0 Å².